The minimum absolute atomic E-state index is 0. The van der Waals surface area contributed by atoms with Crippen molar-refractivity contribution >= 4 is 42.1 Å². The van der Waals surface area contributed by atoms with Gasteiger partial charge < -0.3 is 0 Å². The molecule has 0 saturated carbocycles. The maximum absolute atomic E-state index is 8.12. The van der Waals surface area contributed by atoms with Crippen molar-refractivity contribution in [2.75, 3.05) is 0 Å². The van der Waals surface area contributed by atoms with Crippen LogP contribution in [0.1, 0.15) is 0 Å². The van der Waals surface area contributed by atoms with Crippen LogP contribution in [0.15, 0.2) is 0 Å². The summed E-state index contributed by atoms with van der Waals surface area (Å²) in [5.41, 5.74) is 0. The van der Waals surface area contributed by atoms with Crippen LogP contribution in [0.3, 0.4) is 0 Å². The zero-order valence-corrected chi connectivity index (χ0v) is 7.70. The molecular formula is BiCuOSe. The van der Waals surface area contributed by atoms with Crippen LogP contribution >= 0.6 is 0 Å². The van der Waals surface area contributed by atoms with Crippen LogP contribution in [0.2, 0.25) is 0 Å². The van der Waals surface area contributed by atoms with Crippen molar-refractivity contribution < 1.29 is 20.9 Å². The molecule has 28 valence electrons. The van der Waals surface area contributed by atoms with Crippen molar-refractivity contribution in [2.24, 2.45) is 0 Å². The molecule has 0 aliphatic heterocycles. The Kier molecular flexibility index (Phi) is 95.0. The second-order valence-electron chi connectivity index (χ2n) is 0. The number of hydrogen-bond donors (Lipinski definition) is 0. The zero-order chi connectivity index (χ0) is 2.00. The minimum atomic E-state index is 0. The van der Waals surface area contributed by atoms with Crippen molar-refractivity contribution in [3.05, 3.63) is 0 Å². The van der Waals surface area contributed by atoms with E-state index in [0.717, 1.165) is 0 Å². The Labute approximate surface area is 62.5 Å². The van der Waals surface area contributed by atoms with Crippen LogP contribution in [-0.4, -0.2) is 42.1 Å². The summed E-state index contributed by atoms with van der Waals surface area (Å²) in [5.74, 6) is 0. The summed E-state index contributed by atoms with van der Waals surface area (Å²) < 4.78 is 8.12. The van der Waals surface area contributed by atoms with Crippen LogP contribution in [0.4, 0.5) is 0 Å². The summed E-state index contributed by atoms with van der Waals surface area (Å²) in [6.07, 6.45) is 0. The van der Waals surface area contributed by atoms with E-state index in [1.165, 1.54) is 15.9 Å². The first-order valence-electron chi connectivity index (χ1n) is 0.167. The largest absolute Gasteiger partial charge is 0 e. The molecule has 0 aromatic carbocycles. The fourth-order valence-electron chi connectivity index (χ4n) is 0. The molecule has 0 aliphatic rings. The normalized spacial score (nSPS) is 1.00. The fraction of sp³-hybridized carbons (Fsp3) is 0. The molecular weight excluding hydrogens is 367 g/mol. The standard InChI is InChI=1S/Bi.Cu.OSe/c;;1-2. The summed E-state index contributed by atoms with van der Waals surface area (Å²) in [5, 5.41) is 0. The quantitative estimate of drug-likeness (QED) is 0.508. The molecule has 0 N–H and O–H groups in total. The zero-order valence-electron chi connectivity index (χ0n) is 1.57. The predicted octanol–water partition coefficient (Wildman–Crippen LogP) is -0.883. The van der Waals surface area contributed by atoms with Crippen LogP contribution in [0.5, 0.6) is 0 Å². The predicted molar refractivity (Wildman–Crippen MR) is 12.2 cm³/mol. The molecule has 0 saturated heterocycles. The summed E-state index contributed by atoms with van der Waals surface area (Å²) >= 11 is 1.38. The van der Waals surface area contributed by atoms with Crippen molar-refractivity contribution in [1.82, 2.24) is 0 Å². The fourth-order valence-corrected chi connectivity index (χ4v) is 0. The van der Waals surface area contributed by atoms with Crippen molar-refractivity contribution in [1.29, 1.82) is 0 Å². The van der Waals surface area contributed by atoms with Crippen LogP contribution < -0.4 is 0 Å². The van der Waals surface area contributed by atoms with E-state index in [-0.39, 0.29) is 43.3 Å². The molecule has 1 nitrogen and oxygen atoms in total. The van der Waals surface area contributed by atoms with Crippen LogP contribution in [0, 0.1) is 0 Å². The molecule has 4 heteroatoms. The van der Waals surface area contributed by atoms with Gasteiger partial charge in [0.25, 0.3) is 0 Å². The first-order chi connectivity index (χ1) is 1.00. The molecule has 0 bridgehead atoms. The maximum Gasteiger partial charge on any atom is 0 e. The summed E-state index contributed by atoms with van der Waals surface area (Å²) in [4.78, 5) is 0. The Bertz CT molecular complexity index is 8.00. The van der Waals surface area contributed by atoms with Crippen molar-refractivity contribution in [3.8, 4) is 0 Å². The third-order valence-corrected chi connectivity index (χ3v) is 0. The van der Waals surface area contributed by atoms with Gasteiger partial charge in [0.15, 0.2) is 0 Å². The maximum atomic E-state index is 8.12. The average molecular weight is 367 g/mol. The van der Waals surface area contributed by atoms with Gasteiger partial charge in [-0.2, -0.15) is 0 Å². The van der Waals surface area contributed by atoms with Gasteiger partial charge in [0, 0.05) is 43.3 Å². The van der Waals surface area contributed by atoms with E-state index in [4.69, 9.17) is 3.83 Å². The number of rotatable bonds is 0. The third-order valence-electron chi connectivity index (χ3n) is 0. The van der Waals surface area contributed by atoms with E-state index in [1.54, 1.807) is 0 Å². The van der Waals surface area contributed by atoms with Gasteiger partial charge in [-0.3, -0.25) is 0 Å². The molecule has 0 spiro atoms. The Morgan fingerprint density at radius 2 is 1.25 bits per heavy atom. The van der Waals surface area contributed by atoms with Gasteiger partial charge in [-0.1, -0.05) is 0 Å². The van der Waals surface area contributed by atoms with Gasteiger partial charge in [-0.05, 0) is 0 Å². The minimum Gasteiger partial charge on any atom is 0 e. The second-order valence-corrected chi connectivity index (χ2v) is 0. The Balaban J connectivity index is -0.00000000500. The molecule has 0 unspecified atom stereocenters. The second kappa shape index (κ2) is 22.1. The molecule has 0 aromatic rings. The molecule has 0 rings (SSSR count). The van der Waals surface area contributed by atoms with Gasteiger partial charge in [0.2, 0.25) is 0 Å². The van der Waals surface area contributed by atoms with Gasteiger partial charge in [-0.15, -0.1) is 0 Å². The van der Waals surface area contributed by atoms with E-state index >= 15 is 0 Å². The van der Waals surface area contributed by atoms with Gasteiger partial charge in [0.05, 0.1) is 0 Å². The third kappa shape index (κ3) is 9.30. The van der Waals surface area contributed by atoms with E-state index in [1.807, 2.05) is 0 Å². The van der Waals surface area contributed by atoms with E-state index < -0.39 is 0 Å². The average Bonchev–Trinajstić information content (AvgIpc) is 1.00. The Hall–Kier alpha value is 1.72. The first kappa shape index (κ1) is 17.2. The van der Waals surface area contributed by atoms with Crippen LogP contribution in [-0.2, 0) is 20.9 Å². The number of hydrogen-bond acceptors (Lipinski definition) is 1. The molecule has 4 heavy (non-hydrogen) atoms. The topological polar surface area (TPSA) is 17.1 Å². The molecule has 4 radical (unpaired) electrons. The first-order valence-corrected chi connectivity index (χ1v) is 0.866. The molecule has 0 amide bonds. The Morgan fingerprint density at radius 1 is 1.25 bits per heavy atom. The SMILES string of the molecule is O=[Se].[Bi].[Cu]. The molecule has 0 heterocycles. The Morgan fingerprint density at radius 3 is 1.25 bits per heavy atom. The van der Waals surface area contributed by atoms with Crippen molar-refractivity contribution in [3.63, 3.8) is 0 Å². The van der Waals surface area contributed by atoms with Gasteiger partial charge in [0.1, 0.15) is 0 Å². The van der Waals surface area contributed by atoms with E-state index in [2.05, 4.69) is 0 Å². The van der Waals surface area contributed by atoms with E-state index in [9.17, 15) is 0 Å². The van der Waals surface area contributed by atoms with Crippen molar-refractivity contribution in [2.45, 2.75) is 0 Å². The monoisotopic (exact) mass is 368 g/mol. The molecule has 0 fully saturated rings. The summed E-state index contributed by atoms with van der Waals surface area (Å²) in [6, 6.07) is 0. The molecule has 0 atom stereocenters. The molecule has 0 aromatic heterocycles. The summed E-state index contributed by atoms with van der Waals surface area (Å²) in [6.45, 7) is 0. The van der Waals surface area contributed by atoms with Gasteiger partial charge >= 0.3 is 19.8 Å². The van der Waals surface area contributed by atoms with E-state index in [0.29, 0.717) is 0 Å². The smallest absolute Gasteiger partial charge is 0 e. The van der Waals surface area contributed by atoms with Gasteiger partial charge in [-0.25, -0.2) is 0 Å². The van der Waals surface area contributed by atoms with Crippen LogP contribution in [0.25, 0.3) is 0 Å². The summed E-state index contributed by atoms with van der Waals surface area (Å²) in [7, 11) is 0. The molecule has 0 aliphatic carbocycles.